The number of rotatable bonds is 3. The highest BCUT2D eigenvalue weighted by Crippen LogP contribution is 2.31. The van der Waals surface area contributed by atoms with E-state index in [1.54, 1.807) is 6.07 Å². The van der Waals surface area contributed by atoms with Gasteiger partial charge in [0.1, 0.15) is 5.52 Å². The molecule has 0 fully saturated rings. The van der Waals surface area contributed by atoms with Crippen molar-refractivity contribution in [2.24, 2.45) is 0 Å². The Kier molecular flexibility index (Phi) is 5.20. The molecule has 1 heterocycles. The molecule has 5 aromatic carbocycles. The lowest BCUT2D eigenvalue weighted by Crippen LogP contribution is -2.34. The van der Waals surface area contributed by atoms with Gasteiger partial charge >= 0.3 is 0 Å². The monoisotopic (exact) mass is 473 g/mol. The van der Waals surface area contributed by atoms with E-state index in [4.69, 9.17) is 21.6 Å². The Bertz CT molecular complexity index is 1750. The zero-order valence-electron chi connectivity index (χ0n) is 18.5. The molecule has 0 unspecified atom stereocenters. The molecule has 0 bridgehead atoms. The summed E-state index contributed by atoms with van der Waals surface area (Å²) in [6.07, 6.45) is 0. The first-order chi connectivity index (χ1) is 17.2. The SMILES string of the molecule is O=C(NC(=S)Nc1ccc2oc(-c3cccc4ccccc34)nc2c1)c1cccc2ccccc12. The molecule has 0 atom stereocenters. The minimum Gasteiger partial charge on any atom is -0.436 e. The van der Waals surface area contributed by atoms with E-state index >= 15 is 0 Å². The summed E-state index contributed by atoms with van der Waals surface area (Å²) in [5.41, 5.74) is 3.58. The second-order valence-corrected chi connectivity index (χ2v) is 8.57. The van der Waals surface area contributed by atoms with Crippen LogP contribution in [0.3, 0.4) is 0 Å². The summed E-state index contributed by atoms with van der Waals surface area (Å²) in [6, 6.07) is 33.1. The summed E-state index contributed by atoms with van der Waals surface area (Å²) in [5, 5.41) is 10.1. The van der Waals surface area contributed by atoms with Gasteiger partial charge in [-0.3, -0.25) is 10.1 Å². The van der Waals surface area contributed by atoms with E-state index in [-0.39, 0.29) is 11.0 Å². The molecule has 0 spiro atoms. The molecule has 168 valence electrons. The van der Waals surface area contributed by atoms with E-state index in [0.717, 1.165) is 27.1 Å². The number of carbonyl (C=O) groups is 1. The molecule has 0 radical (unpaired) electrons. The normalized spacial score (nSPS) is 11.1. The topological polar surface area (TPSA) is 67.2 Å². The van der Waals surface area contributed by atoms with Crippen molar-refractivity contribution in [3.63, 3.8) is 0 Å². The van der Waals surface area contributed by atoms with Crippen molar-refractivity contribution in [3.8, 4) is 11.5 Å². The van der Waals surface area contributed by atoms with E-state index in [9.17, 15) is 4.79 Å². The molecular weight excluding hydrogens is 454 g/mol. The maximum atomic E-state index is 12.9. The predicted molar refractivity (Wildman–Crippen MR) is 145 cm³/mol. The Morgan fingerprint density at radius 2 is 1.46 bits per heavy atom. The van der Waals surface area contributed by atoms with E-state index in [2.05, 4.69) is 28.8 Å². The van der Waals surface area contributed by atoms with Gasteiger partial charge in [0.15, 0.2) is 10.7 Å². The maximum absolute atomic E-state index is 12.9. The van der Waals surface area contributed by atoms with Gasteiger partial charge in [-0.2, -0.15) is 0 Å². The standard InChI is InChI=1S/C29H19N3O2S/c33-27(23-13-5-9-18-7-1-3-11-21(18)23)32-29(35)30-20-15-16-26-25(17-20)31-28(34-26)24-14-6-10-19-8-2-4-12-22(19)24/h1-17H,(H2,30,32,33,35). The molecule has 1 aromatic heterocycles. The second kappa shape index (κ2) is 8.66. The average molecular weight is 474 g/mol. The minimum absolute atomic E-state index is 0.208. The van der Waals surface area contributed by atoms with Crippen molar-refractivity contribution in [2.45, 2.75) is 0 Å². The second-order valence-electron chi connectivity index (χ2n) is 8.16. The first kappa shape index (κ1) is 21.0. The summed E-state index contributed by atoms with van der Waals surface area (Å²) in [7, 11) is 0. The van der Waals surface area contributed by atoms with Gasteiger partial charge in [0.05, 0.1) is 0 Å². The number of hydrogen-bond acceptors (Lipinski definition) is 4. The fraction of sp³-hybridized carbons (Fsp3) is 0. The van der Waals surface area contributed by atoms with Crippen molar-refractivity contribution in [1.29, 1.82) is 0 Å². The fourth-order valence-corrected chi connectivity index (χ4v) is 4.50. The summed E-state index contributed by atoms with van der Waals surface area (Å²) in [4.78, 5) is 17.6. The number of oxazole rings is 1. The Morgan fingerprint density at radius 3 is 2.29 bits per heavy atom. The molecule has 35 heavy (non-hydrogen) atoms. The Balaban J connectivity index is 1.23. The number of nitrogens with one attached hydrogen (secondary N) is 2. The van der Waals surface area contributed by atoms with E-state index < -0.39 is 0 Å². The van der Waals surface area contributed by atoms with Gasteiger partial charge in [0.25, 0.3) is 5.91 Å². The molecule has 6 aromatic rings. The van der Waals surface area contributed by atoms with E-state index in [1.165, 1.54) is 0 Å². The smallest absolute Gasteiger partial charge is 0.258 e. The minimum atomic E-state index is -0.264. The van der Waals surface area contributed by atoms with Gasteiger partial charge in [0.2, 0.25) is 5.89 Å². The summed E-state index contributed by atoms with van der Waals surface area (Å²) in [5.74, 6) is 0.292. The molecule has 6 heteroatoms. The molecular formula is C29H19N3O2S. The first-order valence-corrected chi connectivity index (χ1v) is 11.6. The lowest BCUT2D eigenvalue weighted by atomic mass is 10.0. The van der Waals surface area contributed by atoms with Crippen molar-refractivity contribution in [3.05, 3.63) is 109 Å². The molecule has 0 aliphatic carbocycles. The number of nitrogens with zero attached hydrogens (tertiary/aromatic N) is 1. The van der Waals surface area contributed by atoms with Gasteiger partial charge in [-0.15, -0.1) is 0 Å². The van der Waals surface area contributed by atoms with Crippen LogP contribution >= 0.6 is 12.2 Å². The summed E-state index contributed by atoms with van der Waals surface area (Å²) >= 11 is 5.41. The van der Waals surface area contributed by atoms with Crippen LogP contribution in [-0.4, -0.2) is 16.0 Å². The maximum Gasteiger partial charge on any atom is 0.258 e. The molecule has 2 N–H and O–H groups in total. The van der Waals surface area contributed by atoms with Gasteiger partial charge < -0.3 is 9.73 Å². The Labute approximate surface area is 206 Å². The van der Waals surface area contributed by atoms with Crippen molar-refractivity contribution < 1.29 is 9.21 Å². The molecule has 0 saturated carbocycles. The number of fused-ring (bicyclic) bond motifs is 3. The number of thiocarbonyl (C=S) groups is 1. The zero-order valence-corrected chi connectivity index (χ0v) is 19.3. The van der Waals surface area contributed by atoms with E-state index in [0.29, 0.717) is 28.2 Å². The van der Waals surface area contributed by atoms with Crippen molar-refractivity contribution >= 4 is 61.6 Å². The molecule has 0 aliphatic heterocycles. The highest BCUT2D eigenvalue weighted by molar-refractivity contribution is 7.80. The van der Waals surface area contributed by atoms with Crippen molar-refractivity contribution in [2.75, 3.05) is 5.32 Å². The van der Waals surface area contributed by atoms with Crippen LogP contribution in [0.15, 0.2) is 108 Å². The van der Waals surface area contributed by atoms with Crippen LogP contribution in [0.5, 0.6) is 0 Å². The third kappa shape index (κ3) is 4.00. The van der Waals surface area contributed by atoms with Crippen LogP contribution in [0.2, 0.25) is 0 Å². The number of amides is 1. The molecule has 0 saturated heterocycles. The van der Waals surface area contributed by atoms with E-state index in [1.807, 2.05) is 78.9 Å². The number of hydrogen-bond donors (Lipinski definition) is 2. The van der Waals surface area contributed by atoms with Gasteiger partial charge in [-0.05, 0) is 64.1 Å². The highest BCUT2D eigenvalue weighted by Gasteiger charge is 2.14. The first-order valence-electron chi connectivity index (χ1n) is 11.1. The van der Waals surface area contributed by atoms with Crippen LogP contribution in [0.25, 0.3) is 44.1 Å². The van der Waals surface area contributed by atoms with Gasteiger partial charge in [-0.25, -0.2) is 4.98 Å². The molecule has 5 nitrogen and oxygen atoms in total. The Morgan fingerprint density at radius 1 is 0.771 bits per heavy atom. The number of anilines is 1. The fourth-order valence-electron chi connectivity index (χ4n) is 4.29. The third-order valence-corrected chi connectivity index (χ3v) is 6.13. The average Bonchev–Trinajstić information content (AvgIpc) is 3.31. The molecule has 6 rings (SSSR count). The molecule has 0 aliphatic rings. The third-order valence-electron chi connectivity index (χ3n) is 5.93. The van der Waals surface area contributed by atoms with Crippen LogP contribution < -0.4 is 10.6 Å². The number of benzene rings is 5. The van der Waals surface area contributed by atoms with Crippen LogP contribution in [-0.2, 0) is 0 Å². The number of aromatic nitrogens is 1. The van der Waals surface area contributed by atoms with Crippen LogP contribution in [0.1, 0.15) is 10.4 Å². The molecule has 1 amide bonds. The van der Waals surface area contributed by atoms with Crippen LogP contribution in [0, 0.1) is 0 Å². The summed E-state index contributed by atoms with van der Waals surface area (Å²) in [6.45, 7) is 0. The predicted octanol–water partition coefficient (Wildman–Crippen LogP) is 6.93. The van der Waals surface area contributed by atoms with Crippen LogP contribution in [0.4, 0.5) is 5.69 Å². The largest absolute Gasteiger partial charge is 0.436 e. The Hall–Kier alpha value is -4.55. The quantitative estimate of drug-likeness (QED) is 0.273. The van der Waals surface area contributed by atoms with Crippen molar-refractivity contribution in [1.82, 2.24) is 10.3 Å². The highest BCUT2D eigenvalue weighted by atomic mass is 32.1. The lowest BCUT2D eigenvalue weighted by molar-refractivity contribution is 0.0979. The van der Waals surface area contributed by atoms with Gasteiger partial charge in [-0.1, -0.05) is 72.8 Å². The summed E-state index contributed by atoms with van der Waals surface area (Å²) < 4.78 is 6.04. The lowest BCUT2D eigenvalue weighted by Gasteiger charge is -2.11. The number of carbonyl (C=O) groups excluding carboxylic acids is 1. The van der Waals surface area contributed by atoms with Gasteiger partial charge in [0, 0.05) is 16.8 Å². The zero-order chi connectivity index (χ0) is 23.8.